The number of carbonyl (C=O) groups excluding carboxylic acids is 1. The number of rotatable bonds is 8. The predicted molar refractivity (Wildman–Crippen MR) is 97.8 cm³/mol. The van der Waals surface area contributed by atoms with E-state index in [9.17, 15) is 18.0 Å². The topological polar surface area (TPSA) is 69.2 Å². The number of halogens is 3. The van der Waals surface area contributed by atoms with Crippen LogP contribution in [-0.4, -0.2) is 32.4 Å². The average Bonchev–Trinajstić information content (AvgIpc) is 2.66. The van der Waals surface area contributed by atoms with Gasteiger partial charge in [0, 0.05) is 11.3 Å². The highest BCUT2D eigenvalue weighted by Crippen LogP contribution is 2.30. The molecule has 0 heterocycles. The first-order chi connectivity index (χ1) is 13.3. The lowest BCUT2D eigenvalue weighted by Gasteiger charge is -2.09. The molecule has 2 aromatic carbocycles. The third-order valence-electron chi connectivity index (χ3n) is 3.43. The number of benzene rings is 2. The predicted octanol–water partition coefficient (Wildman–Crippen LogP) is 4.10. The molecule has 0 atom stereocenters. The first-order valence-corrected chi connectivity index (χ1v) is 8.26. The summed E-state index contributed by atoms with van der Waals surface area (Å²) >= 11 is 0. The number of anilines is 1. The Morgan fingerprint density at radius 2 is 1.96 bits per heavy atom. The van der Waals surface area contributed by atoms with Crippen LogP contribution in [-0.2, 0) is 15.8 Å². The summed E-state index contributed by atoms with van der Waals surface area (Å²) in [6, 6.07) is 9.43. The van der Waals surface area contributed by atoms with E-state index in [0.29, 0.717) is 23.7 Å². The summed E-state index contributed by atoms with van der Waals surface area (Å²) in [5, 5.41) is 5.99. The van der Waals surface area contributed by atoms with Crippen LogP contribution < -0.4 is 14.8 Å². The van der Waals surface area contributed by atoms with Crippen LogP contribution in [0, 0.1) is 0 Å². The van der Waals surface area contributed by atoms with E-state index in [1.165, 1.54) is 25.5 Å². The first kappa shape index (κ1) is 21.1. The van der Waals surface area contributed by atoms with Crippen molar-refractivity contribution in [1.29, 1.82) is 0 Å². The van der Waals surface area contributed by atoms with Crippen LogP contribution in [0.1, 0.15) is 18.1 Å². The Bertz CT molecular complexity index is 838. The van der Waals surface area contributed by atoms with Crippen LogP contribution in [0.4, 0.5) is 18.9 Å². The van der Waals surface area contributed by atoms with Crippen LogP contribution >= 0.6 is 0 Å². The molecule has 1 amide bonds. The maximum absolute atomic E-state index is 12.7. The number of ether oxygens (including phenoxy) is 2. The van der Waals surface area contributed by atoms with E-state index in [1.807, 2.05) is 6.92 Å². The normalized spacial score (nSPS) is 11.3. The van der Waals surface area contributed by atoms with Crippen molar-refractivity contribution in [3.63, 3.8) is 0 Å². The molecule has 28 heavy (non-hydrogen) atoms. The van der Waals surface area contributed by atoms with Gasteiger partial charge < -0.3 is 19.6 Å². The Labute approximate surface area is 159 Å². The van der Waals surface area contributed by atoms with Gasteiger partial charge in [0.05, 0.1) is 25.5 Å². The van der Waals surface area contributed by atoms with Gasteiger partial charge in [-0.1, -0.05) is 11.2 Å². The third-order valence-corrected chi connectivity index (χ3v) is 3.43. The van der Waals surface area contributed by atoms with Crippen molar-refractivity contribution in [2.24, 2.45) is 5.16 Å². The third kappa shape index (κ3) is 6.19. The van der Waals surface area contributed by atoms with Crippen LogP contribution in [0.3, 0.4) is 0 Å². The highest BCUT2D eigenvalue weighted by Gasteiger charge is 2.30. The second-order valence-corrected chi connectivity index (χ2v) is 5.48. The zero-order valence-electron chi connectivity index (χ0n) is 15.2. The molecule has 0 saturated heterocycles. The van der Waals surface area contributed by atoms with Crippen LogP contribution in [0.25, 0.3) is 0 Å². The number of methoxy groups -OCH3 is 1. The van der Waals surface area contributed by atoms with Gasteiger partial charge in [-0.3, -0.25) is 4.79 Å². The summed E-state index contributed by atoms with van der Waals surface area (Å²) in [5.74, 6) is 0.470. The second kappa shape index (κ2) is 9.63. The fourth-order valence-electron chi connectivity index (χ4n) is 2.20. The molecule has 2 aromatic rings. The summed E-state index contributed by atoms with van der Waals surface area (Å²) < 4.78 is 48.6. The number of nitrogens with one attached hydrogen (secondary N) is 1. The molecule has 2 rings (SSSR count). The molecule has 150 valence electrons. The van der Waals surface area contributed by atoms with E-state index in [2.05, 4.69) is 10.5 Å². The number of alkyl halides is 3. The van der Waals surface area contributed by atoms with Crippen LogP contribution in [0.2, 0.25) is 0 Å². The molecule has 0 spiro atoms. The fourth-order valence-corrected chi connectivity index (χ4v) is 2.20. The molecule has 0 unspecified atom stereocenters. The van der Waals surface area contributed by atoms with Crippen molar-refractivity contribution in [3.8, 4) is 11.5 Å². The van der Waals surface area contributed by atoms with Gasteiger partial charge in [-0.15, -0.1) is 0 Å². The number of hydrogen-bond acceptors (Lipinski definition) is 5. The number of nitrogens with zero attached hydrogens (tertiary/aromatic N) is 1. The molecular formula is C19H19F3N2O4. The standard InChI is InChI=1S/C19H19F3N2O4/c1-3-27-16-8-7-13(9-17(16)26-2)11-23-28-12-18(25)24-15-6-4-5-14(10-15)19(20,21)22/h4-11H,3,12H2,1-2H3,(H,24,25)/b23-11-. The van der Waals surface area contributed by atoms with Crippen molar-refractivity contribution in [1.82, 2.24) is 0 Å². The minimum atomic E-state index is -4.49. The zero-order chi connectivity index (χ0) is 20.6. The highest BCUT2D eigenvalue weighted by atomic mass is 19.4. The summed E-state index contributed by atoms with van der Waals surface area (Å²) in [6.45, 7) is 1.89. The average molecular weight is 396 g/mol. The molecule has 6 nitrogen and oxygen atoms in total. The van der Waals surface area contributed by atoms with Gasteiger partial charge in [0.25, 0.3) is 5.91 Å². The Kier molecular flexibility index (Phi) is 7.25. The molecule has 0 aliphatic heterocycles. The lowest BCUT2D eigenvalue weighted by atomic mass is 10.2. The lowest BCUT2D eigenvalue weighted by Crippen LogP contribution is -2.17. The SMILES string of the molecule is CCOc1ccc(/C=N\OCC(=O)Nc2cccc(C(F)(F)F)c2)cc1OC. The van der Waals surface area contributed by atoms with Gasteiger partial charge in [-0.05, 0) is 43.3 Å². The highest BCUT2D eigenvalue weighted by molar-refractivity contribution is 5.91. The number of hydrogen-bond donors (Lipinski definition) is 1. The summed E-state index contributed by atoms with van der Waals surface area (Å²) in [4.78, 5) is 16.7. The largest absolute Gasteiger partial charge is 0.493 e. The molecule has 0 saturated carbocycles. The van der Waals surface area contributed by atoms with E-state index < -0.39 is 24.3 Å². The quantitative estimate of drug-likeness (QED) is 0.539. The van der Waals surface area contributed by atoms with E-state index in [0.717, 1.165) is 12.1 Å². The molecular weight excluding hydrogens is 377 g/mol. The Morgan fingerprint density at radius 3 is 2.64 bits per heavy atom. The van der Waals surface area contributed by atoms with Crippen LogP contribution in [0.5, 0.6) is 11.5 Å². The number of carbonyl (C=O) groups is 1. The molecule has 0 aromatic heterocycles. The molecule has 9 heteroatoms. The van der Waals surface area contributed by atoms with E-state index in [-0.39, 0.29) is 5.69 Å². The van der Waals surface area contributed by atoms with Gasteiger partial charge in [-0.25, -0.2) is 0 Å². The van der Waals surface area contributed by atoms with Gasteiger partial charge in [0.2, 0.25) is 0 Å². The van der Waals surface area contributed by atoms with E-state index in [1.54, 1.807) is 18.2 Å². The zero-order valence-corrected chi connectivity index (χ0v) is 15.2. The van der Waals surface area contributed by atoms with E-state index >= 15 is 0 Å². The Morgan fingerprint density at radius 1 is 1.18 bits per heavy atom. The minimum Gasteiger partial charge on any atom is -0.493 e. The molecule has 0 fully saturated rings. The van der Waals surface area contributed by atoms with Gasteiger partial charge >= 0.3 is 6.18 Å². The van der Waals surface area contributed by atoms with E-state index in [4.69, 9.17) is 14.3 Å². The second-order valence-electron chi connectivity index (χ2n) is 5.48. The van der Waals surface area contributed by atoms with Gasteiger partial charge in [0.1, 0.15) is 0 Å². The monoisotopic (exact) mass is 396 g/mol. The van der Waals surface area contributed by atoms with Crippen molar-refractivity contribution in [3.05, 3.63) is 53.6 Å². The maximum atomic E-state index is 12.7. The number of oxime groups is 1. The van der Waals surface area contributed by atoms with Crippen molar-refractivity contribution in [2.75, 3.05) is 25.6 Å². The summed E-state index contributed by atoms with van der Waals surface area (Å²) in [5.41, 5.74) is -0.184. The minimum absolute atomic E-state index is 0.0173. The molecule has 0 aliphatic rings. The molecule has 0 radical (unpaired) electrons. The summed E-state index contributed by atoms with van der Waals surface area (Å²) in [6.07, 6.45) is -3.11. The van der Waals surface area contributed by atoms with Crippen molar-refractivity contribution < 1.29 is 32.3 Å². The fraction of sp³-hybridized carbons (Fsp3) is 0.263. The molecule has 0 bridgehead atoms. The van der Waals surface area contributed by atoms with Crippen molar-refractivity contribution in [2.45, 2.75) is 13.1 Å². The Hall–Kier alpha value is -3.23. The molecule has 0 aliphatic carbocycles. The van der Waals surface area contributed by atoms with Crippen LogP contribution in [0.15, 0.2) is 47.6 Å². The van der Waals surface area contributed by atoms with Gasteiger partial charge in [0.15, 0.2) is 18.1 Å². The maximum Gasteiger partial charge on any atom is 0.416 e. The van der Waals surface area contributed by atoms with Crippen molar-refractivity contribution >= 4 is 17.8 Å². The Balaban J connectivity index is 1.88. The lowest BCUT2D eigenvalue weighted by molar-refractivity contribution is -0.137. The number of amides is 1. The van der Waals surface area contributed by atoms with Gasteiger partial charge in [-0.2, -0.15) is 13.2 Å². The molecule has 1 N–H and O–H groups in total. The smallest absolute Gasteiger partial charge is 0.416 e. The first-order valence-electron chi connectivity index (χ1n) is 8.26. The summed E-state index contributed by atoms with van der Waals surface area (Å²) in [7, 11) is 1.51.